The van der Waals surface area contributed by atoms with Crippen molar-refractivity contribution in [2.45, 2.75) is 6.42 Å². The third-order valence-corrected chi connectivity index (χ3v) is 3.44. The highest BCUT2D eigenvalue weighted by Crippen LogP contribution is 2.10. The first-order valence-electron chi connectivity index (χ1n) is 6.27. The number of benzene rings is 1. The predicted octanol–water partition coefficient (Wildman–Crippen LogP) is 2.50. The second-order valence-corrected chi connectivity index (χ2v) is 5.26. The van der Waals surface area contributed by atoms with Gasteiger partial charge in [-0.05, 0) is 36.1 Å². The molecule has 3 nitrogen and oxygen atoms in total. The van der Waals surface area contributed by atoms with Crippen LogP contribution in [0, 0.1) is 0 Å². The normalized spacial score (nSPS) is 10.4. The van der Waals surface area contributed by atoms with Crippen molar-refractivity contribution in [3.05, 3.63) is 54.4 Å². The van der Waals surface area contributed by atoms with Crippen LogP contribution in [-0.4, -0.2) is 29.0 Å². The molecular formula is C15H18N2OS. The van der Waals surface area contributed by atoms with Crippen molar-refractivity contribution < 1.29 is 4.79 Å². The van der Waals surface area contributed by atoms with Gasteiger partial charge in [0.1, 0.15) is 0 Å². The van der Waals surface area contributed by atoms with Gasteiger partial charge >= 0.3 is 0 Å². The molecule has 0 fully saturated rings. The largest absolute Gasteiger partial charge is 0.355 e. The smallest absolute Gasteiger partial charge is 0.224 e. The van der Waals surface area contributed by atoms with E-state index in [9.17, 15) is 4.79 Å². The topological polar surface area (TPSA) is 34.0 Å². The first-order chi connectivity index (χ1) is 9.29. The van der Waals surface area contributed by atoms with E-state index in [1.807, 2.05) is 59.6 Å². The number of carbonyl (C=O) groups is 1. The maximum Gasteiger partial charge on any atom is 0.224 e. The fraction of sp³-hybridized carbons (Fsp3) is 0.267. The molecule has 2 aromatic rings. The Morgan fingerprint density at radius 1 is 1.21 bits per heavy atom. The van der Waals surface area contributed by atoms with E-state index in [-0.39, 0.29) is 5.91 Å². The Morgan fingerprint density at radius 3 is 2.53 bits per heavy atom. The van der Waals surface area contributed by atoms with Crippen LogP contribution in [-0.2, 0) is 11.2 Å². The van der Waals surface area contributed by atoms with Gasteiger partial charge in [0.15, 0.2) is 0 Å². The molecule has 0 bridgehead atoms. The molecule has 1 aromatic carbocycles. The van der Waals surface area contributed by atoms with Crippen molar-refractivity contribution in [2.24, 2.45) is 0 Å². The van der Waals surface area contributed by atoms with Crippen LogP contribution in [0.25, 0.3) is 5.69 Å². The number of hydrogen-bond donors (Lipinski definition) is 1. The van der Waals surface area contributed by atoms with E-state index < -0.39 is 0 Å². The van der Waals surface area contributed by atoms with Crippen molar-refractivity contribution >= 4 is 17.7 Å². The van der Waals surface area contributed by atoms with E-state index in [1.165, 1.54) is 0 Å². The summed E-state index contributed by atoms with van der Waals surface area (Å²) in [7, 11) is 0. The van der Waals surface area contributed by atoms with Crippen LogP contribution in [0.2, 0.25) is 0 Å². The van der Waals surface area contributed by atoms with Crippen LogP contribution in [0.1, 0.15) is 5.56 Å². The molecule has 4 heteroatoms. The molecule has 1 aromatic heterocycles. The highest BCUT2D eigenvalue weighted by atomic mass is 32.2. The zero-order valence-corrected chi connectivity index (χ0v) is 11.8. The zero-order valence-electron chi connectivity index (χ0n) is 11.0. The predicted molar refractivity (Wildman–Crippen MR) is 80.9 cm³/mol. The van der Waals surface area contributed by atoms with Gasteiger partial charge < -0.3 is 9.88 Å². The zero-order chi connectivity index (χ0) is 13.5. The minimum atomic E-state index is 0.0859. The van der Waals surface area contributed by atoms with E-state index in [4.69, 9.17) is 0 Å². The fourth-order valence-corrected chi connectivity index (χ4v) is 2.14. The van der Waals surface area contributed by atoms with Crippen molar-refractivity contribution in [1.29, 1.82) is 0 Å². The number of carbonyl (C=O) groups excluding carboxylic acids is 1. The van der Waals surface area contributed by atoms with Gasteiger partial charge in [0.05, 0.1) is 6.42 Å². The molecular weight excluding hydrogens is 256 g/mol. The Morgan fingerprint density at radius 2 is 1.89 bits per heavy atom. The number of amides is 1. The molecule has 1 amide bonds. The summed E-state index contributed by atoms with van der Waals surface area (Å²) in [5, 5.41) is 2.91. The van der Waals surface area contributed by atoms with E-state index in [1.54, 1.807) is 11.8 Å². The quantitative estimate of drug-likeness (QED) is 0.821. The van der Waals surface area contributed by atoms with Gasteiger partial charge in [-0.15, -0.1) is 0 Å². The standard InChI is InChI=1S/C15H18N2OS/c1-19-11-8-16-15(18)12-13-4-6-14(7-5-13)17-9-2-3-10-17/h2-7,9-10H,8,11-12H2,1H3,(H,16,18). The molecule has 0 spiro atoms. The van der Waals surface area contributed by atoms with Gasteiger partial charge in [0.25, 0.3) is 0 Å². The monoisotopic (exact) mass is 274 g/mol. The molecule has 1 N–H and O–H groups in total. The number of nitrogens with zero attached hydrogens (tertiary/aromatic N) is 1. The van der Waals surface area contributed by atoms with Crippen molar-refractivity contribution in [3.8, 4) is 5.69 Å². The number of thioether (sulfide) groups is 1. The Bertz CT molecular complexity index is 505. The lowest BCUT2D eigenvalue weighted by molar-refractivity contribution is -0.120. The fourth-order valence-electron chi connectivity index (χ4n) is 1.83. The molecule has 0 atom stereocenters. The van der Waals surface area contributed by atoms with Gasteiger partial charge in [0, 0.05) is 30.4 Å². The lowest BCUT2D eigenvalue weighted by Crippen LogP contribution is -2.27. The lowest BCUT2D eigenvalue weighted by atomic mass is 10.1. The summed E-state index contributed by atoms with van der Waals surface area (Å²) >= 11 is 1.73. The summed E-state index contributed by atoms with van der Waals surface area (Å²) in [6, 6.07) is 12.1. The maximum absolute atomic E-state index is 11.7. The average molecular weight is 274 g/mol. The SMILES string of the molecule is CSCCNC(=O)Cc1ccc(-n2cccc2)cc1. The third-order valence-electron chi connectivity index (χ3n) is 2.83. The molecule has 0 radical (unpaired) electrons. The van der Waals surface area contributed by atoms with E-state index in [0.29, 0.717) is 6.42 Å². The third kappa shape index (κ3) is 4.17. The molecule has 0 saturated heterocycles. The number of hydrogen-bond acceptors (Lipinski definition) is 2. The average Bonchev–Trinajstić information content (AvgIpc) is 2.94. The summed E-state index contributed by atoms with van der Waals surface area (Å²) in [6.07, 6.45) is 6.49. The Labute approximate surface area is 118 Å². The molecule has 0 saturated carbocycles. The van der Waals surface area contributed by atoms with Gasteiger partial charge in [-0.3, -0.25) is 4.79 Å². The molecule has 0 unspecified atom stereocenters. The highest BCUT2D eigenvalue weighted by Gasteiger charge is 2.03. The molecule has 2 rings (SSSR count). The van der Waals surface area contributed by atoms with Gasteiger partial charge in [-0.1, -0.05) is 12.1 Å². The van der Waals surface area contributed by atoms with Crippen LogP contribution in [0.5, 0.6) is 0 Å². The van der Waals surface area contributed by atoms with Crippen LogP contribution in [0.4, 0.5) is 0 Å². The Hall–Kier alpha value is -1.68. The summed E-state index contributed by atoms with van der Waals surface area (Å²) in [5.74, 6) is 1.04. The Balaban J connectivity index is 1.90. The van der Waals surface area contributed by atoms with Crippen LogP contribution >= 0.6 is 11.8 Å². The molecule has 100 valence electrons. The molecule has 0 aliphatic rings. The number of rotatable bonds is 6. The van der Waals surface area contributed by atoms with Gasteiger partial charge in [0.2, 0.25) is 5.91 Å². The Kier molecular flexibility index (Phi) is 5.10. The second-order valence-electron chi connectivity index (χ2n) is 4.28. The van der Waals surface area contributed by atoms with Crippen LogP contribution in [0.3, 0.4) is 0 Å². The van der Waals surface area contributed by atoms with Crippen LogP contribution < -0.4 is 5.32 Å². The number of nitrogens with one attached hydrogen (secondary N) is 1. The first kappa shape index (κ1) is 13.7. The van der Waals surface area contributed by atoms with Gasteiger partial charge in [-0.2, -0.15) is 11.8 Å². The van der Waals surface area contributed by atoms with E-state index in [0.717, 1.165) is 23.5 Å². The summed E-state index contributed by atoms with van der Waals surface area (Å²) in [5.41, 5.74) is 2.15. The highest BCUT2D eigenvalue weighted by molar-refractivity contribution is 7.98. The maximum atomic E-state index is 11.7. The number of aromatic nitrogens is 1. The van der Waals surface area contributed by atoms with Crippen molar-refractivity contribution in [2.75, 3.05) is 18.6 Å². The van der Waals surface area contributed by atoms with Crippen LogP contribution in [0.15, 0.2) is 48.8 Å². The summed E-state index contributed by atoms with van der Waals surface area (Å²) in [4.78, 5) is 11.7. The summed E-state index contributed by atoms with van der Waals surface area (Å²) < 4.78 is 2.04. The molecule has 1 heterocycles. The van der Waals surface area contributed by atoms with Gasteiger partial charge in [-0.25, -0.2) is 0 Å². The minimum absolute atomic E-state index is 0.0859. The van der Waals surface area contributed by atoms with E-state index >= 15 is 0 Å². The lowest BCUT2D eigenvalue weighted by Gasteiger charge is -2.06. The molecule has 19 heavy (non-hydrogen) atoms. The van der Waals surface area contributed by atoms with E-state index in [2.05, 4.69) is 5.32 Å². The molecule has 0 aliphatic heterocycles. The molecule has 0 aliphatic carbocycles. The van der Waals surface area contributed by atoms with Crippen molar-refractivity contribution in [3.63, 3.8) is 0 Å². The summed E-state index contributed by atoms with van der Waals surface area (Å²) in [6.45, 7) is 0.738. The minimum Gasteiger partial charge on any atom is -0.355 e. The second kappa shape index (κ2) is 7.04. The van der Waals surface area contributed by atoms with Crippen molar-refractivity contribution in [1.82, 2.24) is 9.88 Å². The first-order valence-corrected chi connectivity index (χ1v) is 7.67.